The Labute approximate surface area is 143 Å². The fourth-order valence-corrected chi connectivity index (χ4v) is 2.09. The van der Waals surface area contributed by atoms with Gasteiger partial charge in [0.2, 0.25) is 5.82 Å². The first kappa shape index (κ1) is 17.8. The van der Waals surface area contributed by atoms with Crippen molar-refractivity contribution in [2.45, 2.75) is 13.0 Å². The number of nitrogens with zero attached hydrogens (tertiary/aromatic N) is 3. The van der Waals surface area contributed by atoms with Crippen LogP contribution in [0.2, 0.25) is 0 Å². The molecule has 24 heavy (non-hydrogen) atoms. The molecule has 0 saturated heterocycles. The predicted molar refractivity (Wildman–Crippen MR) is 85.4 cm³/mol. The molecule has 0 amide bonds. The summed E-state index contributed by atoms with van der Waals surface area (Å²) in [6.45, 7) is 1.72. The van der Waals surface area contributed by atoms with Crippen LogP contribution in [0.4, 0.5) is 4.39 Å². The largest absolute Gasteiger partial charge is 0.470 e. The molecule has 1 aromatic heterocycles. The van der Waals surface area contributed by atoms with Crippen molar-refractivity contribution in [2.75, 3.05) is 6.54 Å². The number of nitrogens with one attached hydrogen (secondary N) is 1. The van der Waals surface area contributed by atoms with Gasteiger partial charge >= 0.3 is 5.76 Å². The van der Waals surface area contributed by atoms with E-state index < -0.39 is 29.3 Å². The van der Waals surface area contributed by atoms with Gasteiger partial charge in [-0.15, -0.1) is 0 Å². The number of hydrogen-bond donors (Lipinski definition) is 3. The van der Waals surface area contributed by atoms with E-state index in [1.807, 2.05) is 0 Å². The van der Waals surface area contributed by atoms with E-state index >= 15 is 0 Å². The van der Waals surface area contributed by atoms with Crippen molar-refractivity contribution >= 4 is 27.5 Å². The molecule has 2 aromatic rings. The summed E-state index contributed by atoms with van der Waals surface area (Å²) < 4.78 is 24.1. The molecule has 9 nitrogen and oxygen atoms in total. The van der Waals surface area contributed by atoms with E-state index in [1.165, 1.54) is 12.1 Å². The molecule has 0 aliphatic heterocycles. The van der Waals surface area contributed by atoms with Crippen molar-refractivity contribution in [1.29, 1.82) is 5.41 Å². The maximum Gasteiger partial charge on any atom is 0.446 e. The Morgan fingerprint density at radius 1 is 1.67 bits per heavy atom. The molecule has 2 rings (SSSR count). The van der Waals surface area contributed by atoms with E-state index in [1.54, 1.807) is 6.92 Å². The van der Waals surface area contributed by atoms with Crippen LogP contribution in [-0.4, -0.2) is 39.2 Å². The summed E-state index contributed by atoms with van der Waals surface area (Å²) in [5.74, 6) is -2.21. The number of ether oxygens (including phenoxy) is 1. The molecule has 0 spiro atoms. The molecular formula is C13H13BrFN5O4. The Morgan fingerprint density at radius 2 is 2.38 bits per heavy atom. The SMILES string of the molecule is CC(CN)O/C(=N/O)C(=N)c1noc(=O)n1-c1ccc(F)c(Br)c1. The molecule has 1 unspecified atom stereocenters. The second-order valence-electron chi connectivity index (χ2n) is 4.65. The first-order chi connectivity index (χ1) is 11.4. The van der Waals surface area contributed by atoms with Gasteiger partial charge in [0.1, 0.15) is 11.9 Å². The lowest BCUT2D eigenvalue weighted by atomic mass is 10.2. The van der Waals surface area contributed by atoms with E-state index in [0.29, 0.717) is 0 Å². The second-order valence-corrected chi connectivity index (χ2v) is 5.50. The fourth-order valence-electron chi connectivity index (χ4n) is 1.73. The Kier molecular flexibility index (Phi) is 5.46. The summed E-state index contributed by atoms with van der Waals surface area (Å²) in [4.78, 5) is 11.9. The maximum atomic E-state index is 13.4. The average Bonchev–Trinajstić information content (AvgIpc) is 2.95. The van der Waals surface area contributed by atoms with Crippen molar-refractivity contribution in [3.8, 4) is 5.69 Å². The third-order valence-corrected chi connectivity index (χ3v) is 3.55. The van der Waals surface area contributed by atoms with Crippen molar-refractivity contribution in [1.82, 2.24) is 9.72 Å². The molecule has 128 valence electrons. The molecule has 1 aromatic carbocycles. The first-order valence-corrected chi connectivity index (χ1v) is 7.40. The van der Waals surface area contributed by atoms with E-state index in [2.05, 4.69) is 30.8 Å². The van der Waals surface area contributed by atoms with E-state index in [4.69, 9.17) is 21.1 Å². The molecule has 11 heteroatoms. The van der Waals surface area contributed by atoms with Crippen molar-refractivity contribution in [3.63, 3.8) is 0 Å². The maximum absolute atomic E-state index is 13.4. The quantitative estimate of drug-likeness (QED) is 0.298. The van der Waals surface area contributed by atoms with Gasteiger partial charge in [0.15, 0.2) is 5.71 Å². The smallest absolute Gasteiger partial charge is 0.446 e. The normalized spacial score (nSPS) is 12.9. The molecule has 0 aliphatic carbocycles. The van der Waals surface area contributed by atoms with Gasteiger partial charge in [0.05, 0.1) is 10.2 Å². The van der Waals surface area contributed by atoms with E-state index in [0.717, 1.165) is 10.6 Å². The minimum atomic E-state index is -0.905. The van der Waals surface area contributed by atoms with Gasteiger partial charge in [-0.1, -0.05) is 5.16 Å². The predicted octanol–water partition coefficient (Wildman–Crippen LogP) is 1.25. The Balaban J connectivity index is 2.47. The topological polar surface area (TPSA) is 140 Å². The molecule has 0 fully saturated rings. The van der Waals surface area contributed by atoms with Crippen molar-refractivity contribution in [3.05, 3.63) is 44.9 Å². The number of hydrogen-bond acceptors (Lipinski definition) is 8. The van der Waals surface area contributed by atoms with Gasteiger partial charge in [-0.25, -0.2) is 13.8 Å². The molecule has 1 heterocycles. The van der Waals surface area contributed by atoms with Crippen LogP contribution in [0.1, 0.15) is 12.7 Å². The summed E-state index contributed by atoms with van der Waals surface area (Å²) in [6, 6.07) is 3.73. The molecule has 0 bridgehead atoms. The molecule has 0 aliphatic rings. The highest BCUT2D eigenvalue weighted by atomic mass is 79.9. The van der Waals surface area contributed by atoms with Crippen LogP contribution in [0, 0.1) is 11.2 Å². The third-order valence-electron chi connectivity index (χ3n) is 2.94. The minimum Gasteiger partial charge on any atom is -0.470 e. The summed E-state index contributed by atoms with van der Waals surface area (Å²) in [5.41, 5.74) is 5.09. The van der Waals surface area contributed by atoms with Gasteiger partial charge in [0.25, 0.3) is 5.90 Å². The van der Waals surface area contributed by atoms with Crippen molar-refractivity contribution in [2.24, 2.45) is 10.9 Å². The van der Waals surface area contributed by atoms with Crippen LogP contribution in [0.25, 0.3) is 5.69 Å². The Morgan fingerprint density at radius 3 is 2.96 bits per heavy atom. The highest BCUT2D eigenvalue weighted by molar-refractivity contribution is 9.10. The van der Waals surface area contributed by atoms with Crippen LogP contribution < -0.4 is 11.5 Å². The lowest BCUT2D eigenvalue weighted by molar-refractivity contribution is 0.200. The monoisotopic (exact) mass is 401 g/mol. The minimum absolute atomic E-state index is 0.106. The zero-order chi connectivity index (χ0) is 17.9. The van der Waals surface area contributed by atoms with Gasteiger partial charge < -0.3 is 15.7 Å². The summed E-state index contributed by atoms with van der Waals surface area (Å²) >= 11 is 3.01. The van der Waals surface area contributed by atoms with Crippen LogP contribution in [0.5, 0.6) is 0 Å². The Bertz CT molecular complexity index is 847. The number of rotatable bonds is 5. The molecular weight excluding hydrogens is 389 g/mol. The van der Waals surface area contributed by atoms with Gasteiger partial charge in [0, 0.05) is 6.54 Å². The van der Waals surface area contributed by atoms with Gasteiger partial charge in [-0.05, 0) is 46.2 Å². The third kappa shape index (κ3) is 3.51. The molecule has 4 N–H and O–H groups in total. The summed E-state index contributed by atoms with van der Waals surface area (Å²) in [5, 5.41) is 23.4. The lowest BCUT2D eigenvalue weighted by Gasteiger charge is -2.13. The molecule has 0 radical (unpaired) electrons. The number of benzene rings is 1. The van der Waals surface area contributed by atoms with Crippen LogP contribution in [0.3, 0.4) is 0 Å². The zero-order valence-electron chi connectivity index (χ0n) is 12.4. The fraction of sp³-hybridized carbons (Fsp3) is 0.231. The zero-order valence-corrected chi connectivity index (χ0v) is 13.9. The number of aromatic nitrogens is 2. The van der Waals surface area contributed by atoms with E-state index in [-0.39, 0.29) is 22.5 Å². The van der Waals surface area contributed by atoms with Crippen molar-refractivity contribution < 1.29 is 18.9 Å². The van der Waals surface area contributed by atoms with E-state index in [9.17, 15) is 9.18 Å². The number of oxime groups is 1. The van der Waals surface area contributed by atoms with Gasteiger partial charge in [-0.2, -0.15) is 0 Å². The van der Waals surface area contributed by atoms with Crippen LogP contribution in [-0.2, 0) is 4.74 Å². The number of halogens is 2. The first-order valence-electron chi connectivity index (χ1n) is 6.61. The second kappa shape index (κ2) is 7.36. The average molecular weight is 402 g/mol. The molecule has 1 atom stereocenters. The highest BCUT2D eigenvalue weighted by Crippen LogP contribution is 2.19. The standard InChI is InChI=1S/C13H13BrFN5O4/c1-6(5-16)23-12(18-22)10(17)11-19-24-13(21)20(11)7-2-3-9(15)8(14)4-7/h2-4,6,17,22H,5,16H2,1H3/b17-10?,18-12+. The highest BCUT2D eigenvalue weighted by Gasteiger charge is 2.24. The summed E-state index contributed by atoms with van der Waals surface area (Å²) in [6.07, 6.45) is -0.539. The Hall–Kier alpha value is -2.53. The van der Waals surface area contributed by atoms with Crippen LogP contribution >= 0.6 is 15.9 Å². The van der Waals surface area contributed by atoms with Crippen LogP contribution in [0.15, 0.2) is 37.1 Å². The lowest BCUT2D eigenvalue weighted by Crippen LogP contribution is -2.30. The number of nitrogens with two attached hydrogens (primary N) is 1. The molecule has 0 saturated carbocycles. The van der Waals surface area contributed by atoms with Gasteiger partial charge in [-0.3, -0.25) is 9.93 Å². The summed E-state index contributed by atoms with van der Waals surface area (Å²) in [7, 11) is 0.